The third-order valence-electron chi connectivity index (χ3n) is 5.57. The quantitative estimate of drug-likeness (QED) is 0.359. The fourth-order valence-electron chi connectivity index (χ4n) is 3.89. The number of ether oxygens (including phenoxy) is 1. The second-order valence-corrected chi connectivity index (χ2v) is 9.32. The number of carbonyl (C=O) groups excluding carboxylic acids is 2. The van der Waals surface area contributed by atoms with Crippen LogP contribution >= 0.6 is 27.3 Å². The number of rotatable bonds is 5. The van der Waals surface area contributed by atoms with Crippen molar-refractivity contribution in [2.45, 2.75) is 13.5 Å². The molecular formula is C24H18BrN3O4S. The minimum atomic E-state index is -0.265. The van der Waals surface area contributed by atoms with Gasteiger partial charge in [-0.25, -0.2) is 4.98 Å². The summed E-state index contributed by atoms with van der Waals surface area (Å²) in [6.45, 7) is 2.17. The monoisotopic (exact) mass is 523 g/mol. The molecule has 0 saturated heterocycles. The number of anilines is 1. The lowest BCUT2D eigenvalue weighted by Crippen LogP contribution is -2.38. The smallest absolute Gasteiger partial charge is 0.265 e. The van der Waals surface area contributed by atoms with Crippen molar-refractivity contribution < 1.29 is 14.3 Å². The lowest BCUT2D eigenvalue weighted by Gasteiger charge is -2.28. The number of fused-ring (bicyclic) bond motifs is 2. The topological polar surface area (TPSA) is 81.5 Å². The van der Waals surface area contributed by atoms with Crippen LogP contribution in [0, 0.1) is 0 Å². The highest BCUT2D eigenvalue weighted by Crippen LogP contribution is 2.33. The van der Waals surface area contributed by atoms with E-state index in [0.29, 0.717) is 33.8 Å². The van der Waals surface area contributed by atoms with Gasteiger partial charge in [0.05, 0.1) is 23.9 Å². The Balaban J connectivity index is 1.49. The highest BCUT2D eigenvalue weighted by Gasteiger charge is 2.25. The summed E-state index contributed by atoms with van der Waals surface area (Å²) in [5.74, 6) is 0.152. The molecule has 3 heterocycles. The molecule has 1 aliphatic rings. The fraction of sp³-hybridized carbons (Fsp3) is 0.167. The second kappa shape index (κ2) is 8.57. The minimum absolute atomic E-state index is 0.0173. The number of halogens is 1. The van der Waals surface area contributed by atoms with Crippen LogP contribution in [-0.4, -0.2) is 34.4 Å². The molecule has 5 rings (SSSR count). The molecule has 9 heteroatoms. The number of amides is 1. The van der Waals surface area contributed by atoms with E-state index in [4.69, 9.17) is 4.74 Å². The third-order valence-corrected chi connectivity index (χ3v) is 6.99. The maximum Gasteiger partial charge on any atom is 0.265 e. The van der Waals surface area contributed by atoms with Gasteiger partial charge in [0.25, 0.3) is 11.5 Å². The first-order chi connectivity index (χ1) is 16.0. The standard InChI is InChI=1S/C24H18BrN3O4S/c1-2-28-18-9-15(5-8-20(18)32-11-21(28)30)19(29)10-27-13-26-23-22(24(27)31)17(12-33-23)14-3-6-16(25)7-4-14/h3-9,12-13H,2,10-11H2,1H3. The molecule has 0 atom stereocenters. The number of likely N-dealkylation sites (N-methyl/N-ethyl adjacent to an activating group) is 1. The van der Waals surface area contributed by atoms with Gasteiger partial charge >= 0.3 is 0 Å². The minimum Gasteiger partial charge on any atom is -0.482 e. The fourth-order valence-corrected chi connectivity index (χ4v) is 5.06. The van der Waals surface area contributed by atoms with E-state index in [9.17, 15) is 14.4 Å². The van der Waals surface area contributed by atoms with Gasteiger partial charge in [-0.05, 0) is 42.8 Å². The molecule has 4 aromatic rings. The Kier molecular flexibility index (Phi) is 5.59. The molecule has 0 fully saturated rings. The lowest BCUT2D eigenvalue weighted by molar-refractivity contribution is -0.121. The predicted octanol–water partition coefficient (Wildman–Crippen LogP) is 4.52. The molecule has 2 aromatic heterocycles. The summed E-state index contributed by atoms with van der Waals surface area (Å²) in [5, 5.41) is 2.41. The SMILES string of the molecule is CCN1C(=O)COc2ccc(C(=O)Cn3cnc4scc(-c5ccc(Br)cc5)c4c3=O)cc21. The molecule has 0 spiro atoms. The van der Waals surface area contributed by atoms with Crippen LogP contribution in [0.25, 0.3) is 21.3 Å². The Morgan fingerprint density at radius 3 is 2.73 bits per heavy atom. The molecule has 0 saturated carbocycles. The summed E-state index contributed by atoms with van der Waals surface area (Å²) < 4.78 is 7.75. The Labute approximate surface area is 201 Å². The van der Waals surface area contributed by atoms with E-state index in [0.717, 1.165) is 15.6 Å². The van der Waals surface area contributed by atoms with E-state index < -0.39 is 0 Å². The number of thiophene rings is 1. The highest BCUT2D eigenvalue weighted by atomic mass is 79.9. The zero-order valence-corrected chi connectivity index (χ0v) is 20.0. The van der Waals surface area contributed by atoms with Crippen LogP contribution in [-0.2, 0) is 11.3 Å². The van der Waals surface area contributed by atoms with Crippen molar-refractivity contribution in [1.29, 1.82) is 0 Å². The van der Waals surface area contributed by atoms with Crippen molar-refractivity contribution in [3.8, 4) is 16.9 Å². The molecule has 2 aromatic carbocycles. The van der Waals surface area contributed by atoms with E-state index >= 15 is 0 Å². The second-order valence-electron chi connectivity index (χ2n) is 7.55. The molecule has 0 radical (unpaired) electrons. The van der Waals surface area contributed by atoms with E-state index in [2.05, 4.69) is 20.9 Å². The molecule has 1 amide bonds. The van der Waals surface area contributed by atoms with Crippen LogP contribution in [0.1, 0.15) is 17.3 Å². The lowest BCUT2D eigenvalue weighted by atomic mass is 10.1. The zero-order valence-electron chi connectivity index (χ0n) is 17.6. The first-order valence-corrected chi connectivity index (χ1v) is 12.0. The van der Waals surface area contributed by atoms with Gasteiger partial charge in [0, 0.05) is 27.5 Å². The summed E-state index contributed by atoms with van der Waals surface area (Å²) in [6, 6.07) is 12.7. The number of carbonyl (C=O) groups is 2. The zero-order chi connectivity index (χ0) is 23.1. The van der Waals surface area contributed by atoms with Crippen LogP contribution in [0.3, 0.4) is 0 Å². The molecule has 1 aliphatic heterocycles. The van der Waals surface area contributed by atoms with Gasteiger partial charge in [0.2, 0.25) is 0 Å². The van der Waals surface area contributed by atoms with Gasteiger partial charge in [0.1, 0.15) is 10.6 Å². The number of hydrogen-bond donors (Lipinski definition) is 0. The third kappa shape index (κ3) is 3.87. The van der Waals surface area contributed by atoms with Crippen molar-refractivity contribution in [3.05, 3.63) is 74.6 Å². The van der Waals surface area contributed by atoms with Crippen molar-refractivity contribution >= 4 is 54.9 Å². The average Bonchev–Trinajstić information content (AvgIpc) is 3.26. The molecule has 0 unspecified atom stereocenters. The first kappa shape index (κ1) is 21.5. The van der Waals surface area contributed by atoms with Crippen LogP contribution in [0.2, 0.25) is 0 Å². The maximum absolute atomic E-state index is 13.3. The largest absolute Gasteiger partial charge is 0.482 e. The number of benzene rings is 2. The summed E-state index contributed by atoms with van der Waals surface area (Å²) in [4.78, 5) is 45.1. The van der Waals surface area contributed by atoms with Crippen LogP contribution in [0.5, 0.6) is 5.75 Å². The van der Waals surface area contributed by atoms with Gasteiger partial charge in [-0.15, -0.1) is 11.3 Å². The van der Waals surface area contributed by atoms with Crippen LogP contribution < -0.4 is 15.2 Å². The average molecular weight is 524 g/mol. The summed E-state index contributed by atoms with van der Waals surface area (Å²) in [5.41, 5.74) is 2.40. The Bertz CT molecular complexity index is 1460. The van der Waals surface area contributed by atoms with Crippen LogP contribution in [0.4, 0.5) is 5.69 Å². The van der Waals surface area contributed by atoms with E-state index in [1.54, 1.807) is 23.1 Å². The Morgan fingerprint density at radius 1 is 1.18 bits per heavy atom. The van der Waals surface area contributed by atoms with Gasteiger partial charge < -0.3 is 9.64 Å². The van der Waals surface area contributed by atoms with Gasteiger partial charge in [-0.1, -0.05) is 28.1 Å². The summed E-state index contributed by atoms with van der Waals surface area (Å²) >= 11 is 4.82. The molecule has 7 nitrogen and oxygen atoms in total. The number of Topliss-reactive ketones (excluding diaryl/α,β-unsaturated/α-hetero) is 1. The Hall–Kier alpha value is -3.30. The van der Waals surface area contributed by atoms with Crippen molar-refractivity contribution in [2.75, 3.05) is 18.1 Å². The number of aromatic nitrogens is 2. The summed E-state index contributed by atoms with van der Waals surface area (Å²) in [6.07, 6.45) is 1.41. The van der Waals surface area contributed by atoms with E-state index in [1.165, 1.54) is 22.2 Å². The molecular weight excluding hydrogens is 506 g/mol. The van der Waals surface area contributed by atoms with Gasteiger partial charge in [0.15, 0.2) is 12.4 Å². The van der Waals surface area contributed by atoms with Crippen molar-refractivity contribution in [3.63, 3.8) is 0 Å². The Morgan fingerprint density at radius 2 is 1.97 bits per heavy atom. The highest BCUT2D eigenvalue weighted by molar-refractivity contribution is 9.10. The summed E-state index contributed by atoms with van der Waals surface area (Å²) in [7, 11) is 0. The number of hydrogen-bond acceptors (Lipinski definition) is 6. The molecule has 0 aliphatic carbocycles. The van der Waals surface area contributed by atoms with Crippen molar-refractivity contribution in [2.24, 2.45) is 0 Å². The normalized spacial score (nSPS) is 13.2. The van der Waals surface area contributed by atoms with E-state index in [-0.39, 0.29) is 30.4 Å². The first-order valence-electron chi connectivity index (χ1n) is 10.3. The van der Waals surface area contributed by atoms with Crippen molar-refractivity contribution in [1.82, 2.24) is 9.55 Å². The van der Waals surface area contributed by atoms with Gasteiger partial charge in [-0.3, -0.25) is 19.0 Å². The number of nitrogens with zero attached hydrogens (tertiary/aromatic N) is 3. The van der Waals surface area contributed by atoms with Gasteiger partial charge in [-0.2, -0.15) is 0 Å². The predicted molar refractivity (Wildman–Crippen MR) is 131 cm³/mol. The molecule has 0 bridgehead atoms. The molecule has 166 valence electrons. The van der Waals surface area contributed by atoms with E-state index in [1.807, 2.05) is 36.6 Å². The maximum atomic E-state index is 13.3. The molecule has 33 heavy (non-hydrogen) atoms. The van der Waals surface area contributed by atoms with Crippen LogP contribution in [0.15, 0.2) is 63.4 Å². The molecule has 0 N–H and O–H groups in total. The number of ketones is 1.